The quantitative estimate of drug-likeness (QED) is 0.691. The summed E-state index contributed by atoms with van der Waals surface area (Å²) in [5.74, 6) is -0.398. The van der Waals surface area contributed by atoms with Crippen LogP contribution in [0, 0.1) is 20.8 Å². The van der Waals surface area contributed by atoms with Gasteiger partial charge in [0.1, 0.15) is 10.8 Å². The van der Waals surface area contributed by atoms with E-state index in [0.717, 1.165) is 5.56 Å². The van der Waals surface area contributed by atoms with Gasteiger partial charge < -0.3 is 0 Å². The lowest BCUT2D eigenvalue weighted by molar-refractivity contribution is 0.102. The Kier molecular flexibility index (Phi) is 3.91. The average Bonchev–Trinajstić information content (AvgIpc) is 2.86. The summed E-state index contributed by atoms with van der Waals surface area (Å²) in [5.41, 5.74) is 2.74. The van der Waals surface area contributed by atoms with Gasteiger partial charge in [0, 0.05) is 6.20 Å². The molecule has 0 aliphatic carbocycles. The van der Waals surface area contributed by atoms with Gasteiger partial charge in [-0.25, -0.2) is 0 Å². The topological polar surface area (TPSA) is 96.5 Å². The zero-order valence-corrected chi connectivity index (χ0v) is 14.0. The fourth-order valence-electron chi connectivity index (χ4n) is 2.19. The number of pyridine rings is 1. The molecule has 0 saturated carbocycles. The molecule has 0 aliphatic rings. The number of carbonyl (C=O) groups is 1. The summed E-state index contributed by atoms with van der Waals surface area (Å²) in [4.78, 5) is 24.7. The summed E-state index contributed by atoms with van der Waals surface area (Å²) in [5, 5.41) is 10.7. The first kappa shape index (κ1) is 15.6. The second kappa shape index (κ2) is 5.75. The molecule has 0 atom stereocenters. The van der Waals surface area contributed by atoms with Crippen LogP contribution < -0.4 is 5.32 Å². The molecule has 0 radical (unpaired) electrons. The fraction of sp³-hybridized carbons (Fsp3) is 0.214. The van der Waals surface area contributed by atoms with E-state index in [1.54, 1.807) is 20.0 Å². The van der Waals surface area contributed by atoms with Gasteiger partial charge in [0.25, 0.3) is 5.91 Å². The van der Waals surface area contributed by atoms with Crippen molar-refractivity contribution in [3.63, 3.8) is 0 Å². The van der Waals surface area contributed by atoms with Crippen LogP contribution in [0.1, 0.15) is 27.3 Å². The zero-order chi connectivity index (χ0) is 16.7. The molecule has 3 rings (SSSR count). The highest BCUT2D eigenvalue weighted by atomic mass is 35.5. The second-order valence-electron chi connectivity index (χ2n) is 5.05. The summed E-state index contributed by atoms with van der Waals surface area (Å²) in [6.07, 6.45) is 1.54. The number of aromatic amines is 1. The number of nitrogens with one attached hydrogen (secondary N) is 2. The van der Waals surface area contributed by atoms with E-state index in [1.807, 2.05) is 6.92 Å². The van der Waals surface area contributed by atoms with Crippen LogP contribution in [0.3, 0.4) is 0 Å². The van der Waals surface area contributed by atoms with E-state index in [4.69, 9.17) is 23.2 Å². The van der Waals surface area contributed by atoms with Gasteiger partial charge in [-0.1, -0.05) is 23.2 Å². The molecule has 2 N–H and O–H groups in total. The van der Waals surface area contributed by atoms with Crippen LogP contribution in [-0.4, -0.2) is 31.1 Å². The Morgan fingerprint density at radius 3 is 2.70 bits per heavy atom. The Balaban J connectivity index is 1.96. The van der Waals surface area contributed by atoms with E-state index in [9.17, 15) is 4.79 Å². The molecule has 1 amide bonds. The number of H-pyrrole nitrogens is 1. The summed E-state index contributed by atoms with van der Waals surface area (Å²) < 4.78 is 0. The molecule has 0 unspecified atom stereocenters. The number of aromatic nitrogens is 5. The minimum absolute atomic E-state index is 0.0639. The third-order valence-electron chi connectivity index (χ3n) is 3.41. The largest absolute Gasteiger partial charge is 0.289 e. The Bertz CT molecular complexity index is 937. The van der Waals surface area contributed by atoms with Gasteiger partial charge in [0.05, 0.1) is 16.1 Å². The first-order valence-corrected chi connectivity index (χ1v) is 7.45. The lowest BCUT2D eigenvalue weighted by Crippen LogP contribution is -2.17. The van der Waals surface area contributed by atoms with Crippen molar-refractivity contribution in [2.75, 3.05) is 5.32 Å². The first-order valence-electron chi connectivity index (χ1n) is 6.69. The maximum Gasteiger partial charge on any atom is 0.276 e. The number of amides is 1. The standard InChI is InChI=1S/C14H12Cl2N6O/c1-5-4-17-10(6(2)9(5)15)13(23)20-14-18-11(16)8-7(3)21-22-12(8)19-14/h4H,1-3H3,(H2,18,19,20,21,22,23). The highest BCUT2D eigenvalue weighted by Gasteiger charge is 2.17. The van der Waals surface area contributed by atoms with Crippen molar-refractivity contribution in [3.05, 3.63) is 38.9 Å². The molecule has 3 aromatic rings. The van der Waals surface area contributed by atoms with Crippen LogP contribution in [0.5, 0.6) is 0 Å². The van der Waals surface area contributed by atoms with Crippen molar-refractivity contribution >= 4 is 46.1 Å². The highest BCUT2D eigenvalue weighted by Crippen LogP contribution is 2.24. The van der Waals surface area contributed by atoms with Crippen molar-refractivity contribution in [1.29, 1.82) is 0 Å². The smallest absolute Gasteiger partial charge is 0.276 e. The lowest BCUT2D eigenvalue weighted by Gasteiger charge is -2.09. The zero-order valence-electron chi connectivity index (χ0n) is 12.5. The normalized spacial score (nSPS) is 11.0. The maximum atomic E-state index is 12.4. The Morgan fingerprint density at radius 2 is 1.96 bits per heavy atom. The van der Waals surface area contributed by atoms with E-state index in [-0.39, 0.29) is 16.8 Å². The molecule has 0 spiro atoms. The fourth-order valence-corrected chi connectivity index (χ4v) is 2.63. The molecule has 0 aromatic carbocycles. The third-order valence-corrected chi connectivity index (χ3v) is 4.27. The molecule has 23 heavy (non-hydrogen) atoms. The van der Waals surface area contributed by atoms with Gasteiger partial charge in [0.15, 0.2) is 5.65 Å². The molecule has 7 nitrogen and oxygen atoms in total. The van der Waals surface area contributed by atoms with E-state index in [0.29, 0.717) is 27.3 Å². The van der Waals surface area contributed by atoms with Gasteiger partial charge >= 0.3 is 0 Å². The second-order valence-corrected chi connectivity index (χ2v) is 5.79. The summed E-state index contributed by atoms with van der Waals surface area (Å²) >= 11 is 12.3. The van der Waals surface area contributed by atoms with E-state index >= 15 is 0 Å². The molecule has 0 fully saturated rings. The number of rotatable bonds is 2. The number of fused-ring (bicyclic) bond motifs is 1. The monoisotopic (exact) mass is 350 g/mol. The van der Waals surface area contributed by atoms with Crippen molar-refractivity contribution in [2.45, 2.75) is 20.8 Å². The molecular weight excluding hydrogens is 339 g/mol. The molecule has 0 aliphatic heterocycles. The number of nitrogens with zero attached hydrogens (tertiary/aromatic N) is 4. The predicted octanol–water partition coefficient (Wildman–Crippen LogP) is 3.23. The summed E-state index contributed by atoms with van der Waals surface area (Å²) in [6.45, 7) is 5.34. The van der Waals surface area contributed by atoms with Crippen LogP contribution in [0.2, 0.25) is 10.2 Å². The van der Waals surface area contributed by atoms with Gasteiger partial charge in [-0.15, -0.1) is 0 Å². The summed E-state index contributed by atoms with van der Waals surface area (Å²) in [7, 11) is 0. The highest BCUT2D eigenvalue weighted by molar-refractivity contribution is 6.34. The average molecular weight is 351 g/mol. The molecule has 9 heteroatoms. The molecule has 0 saturated heterocycles. The van der Waals surface area contributed by atoms with E-state index in [2.05, 4.69) is 30.5 Å². The first-order chi connectivity index (χ1) is 10.9. The Hall–Kier alpha value is -2.25. The van der Waals surface area contributed by atoms with Crippen LogP contribution in [0.15, 0.2) is 6.20 Å². The number of hydrogen-bond donors (Lipinski definition) is 2. The third kappa shape index (κ3) is 2.73. The van der Waals surface area contributed by atoms with Crippen LogP contribution in [0.4, 0.5) is 5.95 Å². The maximum absolute atomic E-state index is 12.4. The van der Waals surface area contributed by atoms with E-state index < -0.39 is 5.91 Å². The van der Waals surface area contributed by atoms with Gasteiger partial charge in [-0.3, -0.25) is 20.2 Å². The predicted molar refractivity (Wildman–Crippen MR) is 88.1 cm³/mol. The Labute approximate surface area is 141 Å². The summed E-state index contributed by atoms with van der Waals surface area (Å²) in [6, 6.07) is 0. The van der Waals surface area contributed by atoms with Crippen molar-refractivity contribution in [2.24, 2.45) is 0 Å². The number of anilines is 1. The Morgan fingerprint density at radius 1 is 1.22 bits per heavy atom. The molecule has 3 aromatic heterocycles. The van der Waals surface area contributed by atoms with Crippen molar-refractivity contribution in [1.82, 2.24) is 25.1 Å². The number of carbonyl (C=O) groups excluding carboxylic acids is 1. The molecule has 0 bridgehead atoms. The number of hydrogen-bond acceptors (Lipinski definition) is 5. The van der Waals surface area contributed by atoms with E-state index in [1.165, 1.54) is 0 Å². The van der Waals surface area contributed by atoms with Gasteiger partial charge in [0.2, 0.25) is 5.95 Å². The van der Waals surface area contributed by atoms with Crippen molar-refractivity contribution in [3.8, 4) is 0 Å². The van der Waals surface area contributed by atoms with Crippen molar-refractivity contribution < 1.29 is 4.79 Å². The van der Waals surface area contributed by atoms with Crippen LogP contribution in [0.25, 0.3) is 11.0 Å². The number of halogens is 2. The van der Waals surface area contributed by atoms with Gasteiger partial charge in [-0.05, 0) is 31.9 Å². The lowest BCUT2D eigenvalue weighted by atomic mass is 10.1. The molecule has 118 valence electrons. The molecular formula is C14H12Cl2N6O. The molecule has 3 heterocycles. The van der Waals surface area contributed by atoms with Crippen LogP contribution in [-0.2, 0) is 0 Å². The van der Waals surface area contributed by atoms with Crippen LogP contribution >= 0.6 is 23.2 Å². The SMILES string of the molecule is Cc1cnc(C(=O)Nc2nc(Cl)c3c(C)n[nH]c3n2)c(C)c1Cl. The number of aryl methyl sites for hydroxylation is 2. The minimum Gasteiger partial charge on any atom is -0.289 e. The minimum atomic E-state index is -0.462. The van der Waals surface area contributed by atoms with Gasteiger partial charge in [-0.2, -0.15) is 15.1 Å².